The van der Waals surface area contributed by atoms with Gasteiger partial charge in [-0.2, -0.15) is 0 Å². The molecule has 110 valence electrons. The molecule has 0 aliphatic heterocycles. The summed E-state index contributed by atoms with van der Waals surface area (Å²) in [5.41, 5.74) is 3.76. The summed E-state index contributed by atoms with van der Waals surface area (Å²) in [7, 11) is 0. The van der Waals surface area contributed by atoms with Gasteiger partial charge in [-0.1, -0.05) is 13.0 Å². The van der Waals surface area contributed by atoms with Crippen LogP contribution < -0.4 is 10.1 Å². The van der Waals surface area contributed by atoms with Crippen LogP contribution in [0.1, 0.15) is 36.6 Å². The predicted octanol–water partition coefficient (Wildman–Crippen LogP) is 3.26. The van der Waals surface area contributed by atoms with Crippen molar-refractivity contribution in [3.63, 3.8) is 0 Å². The van der Waals surface area contributed by atoms with E-state index in [-0.39, 0.29) is 0 Å². The van der Waals surface area contributed by atoms with Crippen LogP contribution in [0.4, 0.5) is 0 Å². The fourth-order valence-electron chi connectivity index (χ4n) is 2.65. The highest BCUT2D eigenvalue weighted by atomic mass is 16.5. The van der Waals surface area contributed by atoms with Gasteiger partial charge in [-0.25, -0.2) is 4.98 Å². The third kappa shape index (κ3) is 3.58. The Labute approximate surface area is 125 Å². The zero-order valence-corrected chi connectivity index (χ0v) is 12.4. The average molecular weight is 283 g/mol. The maximum absolute atomic E-state index is 5.85. The summed E-state index contributed by atoms with van der Waals surface area (Å²) >= 11 is 0. The average Bonchev–Trinajstić information content (AvgIpc) is 2.95. The first-order chi connectivity index (χ1) is 10.3. The van der Waals surface area contributed by atoms with Gasteiger partial charge in [0, 0.05) is 12.7 Å². The number of nitrogens with zero attached hydrogens (tertiary/aromatic N) is 2. The van der Waals surface area contributed by atoms with Crippen molar-refractivity contribution in [1.82, 2.24) is 15.3 Å². The van der Waals surface area contributed by atoms with E-state index < -0.39 is 0 Å². The number of aryl methyl sites for hydroxylation is 2. The van der Waals surface area contributed by atoms with Gasteiger partial charge in [0.25, 0.3) is 0 Å². The van der Waals surface area contributed by atoms with Gasteiger partial charge >= 0.3 is 0 Å². The highest BCUT2D eigenvalue weighted by Gasteiger charge is 2.11. The quantitative estimate of drug-likeness (QED) is 0.827. The van der Waals surface area contributed by atoms with E-state index in [0.717, 1.165) is 37.4 Å². The van der Waals surface area contributed by atoms with E-state index in [1.165, 1.54) is 24.0 Å². The summed E-state index contributed by atoms with van der Waals surface area (Å²) in [6.45, 7) is 3.85. The molecule has 1 aromatic heterocycles. The molecule has 4 heteroatoms. The molecule has 1 aliphatic rings. The predicted molar refractivity (Wildman–Crippen MR) is 82.6 cm³/mol. The van der Waals surface area contributed by atoms with Crippen molar-refractivity contribution in [2.75, 3.05) is 6.54 Å². The van der Waals surface area contributed by atoms with Crippen LogP contribution in [0.3, 0.4) is 0 Å². The second kappa shape index (κ2) is 6.68. The number of hydrogen-bond donors (Lipinski definition) is 1. The monoisotopic (exact) mass is 283 g/mol. The summed E-state index contributed by atoms with van der Waals surface area (Å²) in [5, 5.41) is 3.32. The van der Waals surface area contributed by atoms with E-state index in [1.807, 2.05) is 6.07 Å². The lowest BCUT2D eigenvalue weighted by Gasteiger charge is -2.08. The first-order valence-electron chi connectivity index (χ1n) is 7.66. The maximum Gasteiger partial charge on any atom is 0.238 e. The molecule has 21 heavy (non-hydrogen) atoms. The molecule has 0 saturated carbocycles. The molecule has 0 fully saturated rings. The van der Waals surface area contributed by atoms with E-state index in [0.29, 0.717) is 5.88 Å². The number of fused-ring (bicyclic) bond motifs is 1. The Hall–Kier alpha value is -1.94. The summed E-state index contributed by atoms with van der Waals surface area (Å²) in [5.74, 6) is 1.41. The molecule has 1 heterocycles. The van der Waals surface area contributed by atoms with E-state index in [2.05, 4.69) is 34.3 Å². The molecule has 2 aromatic rings. The lowest BCUT2D eigenvalue weighted by Crippen LogP contribution is -2.15. The summed E-state index contributed by atoms with van der Waals surface area (Å²) in [6, 6.07) is 6.32. The minimum Gasteiger partial charge on any atom is -0.437 e. The molecular formula is C17H21N3O. The Kier molecular flexibility index (Phi) is 4.46. The minimum atomic E-state index is 0.559. The van der Waals surface area contributed by atoms with E-state index >= 15 is 0 Å². The number of nitrogens with one attached hydrogen (secondary N) is 1. The Bertz CT molecular complexity index is 613. The lowest BCUT2D eigenvalue weighted by atomic mass is 10.1. The van der Waals surface area contributed by atoms with Crippen molar-refractivity contribution in [2.45, 2.75) is 39.2 Å². The van der Waals surface area contributed by atoms with E-state index in [1.54, 1.807) is 12.4 Å². The van der Waals surface area contributed by atoms with Crippen molar-refractivity contribution in [3.8, 4) is 11.6 Å². The number of hydrogen-bond acceptors (Lipinski definition) is 4. The van der Waals surface area contributed by atoms with Crippen molar-refractivity contribution >= 4 is 0 Å². The van der Waals surface area contributed by atoms with Gasteiger partial charge in [0.15, 0.2) is 0 Å². The van der Waals surface area contributed by atoms with Crippen molar-refractivity contribution in [1.29, 1.82) is 0 Å². The van der Waals surface area contributed by atoms with Crippen LogP contribution >= 0.6 is 0 Å². The lowest BCUT2D eigenvalue weighted by molar-refractivity contribution is 0.455. The van der Waals surface area contributed by atoms with Crippen LogP contribution in [0.15, 0.2) is 30.6 Å². The van der Waals surface area contributed by atoms with Gasteiger partial charge < -0.3 is 10.1 Å². The second-order valence-corrected chi connectivity index (χ2v) is 5.41. The van der Waals surface area contributed by atoms with Gasteiger partial charge in [0.05, 0.1) is 11.9 Å². The Morgan fingerprint density at radius 2 is 2.10 bits per heavy atom. The van der Waals surface area contributed by atoms with E-state index in [9.17, 15) is 0 Å². The van der Waals surface area contributed by atoms with Gasteiger partial charge in [0.2, 0.25) is 5.88 Å². The molecule has 0 saturated heterocycles. The molecule has 3 rings (SSSR count). The molecular weight excluding hydrogens is 262 g/mol. The van der Waals surface area contributed by atoms with Crippen LogP contribution in [-0.4, -0.2) is 16.5 Å². The number of ether oxygens (including phenoxy) is 1. The number of rotatable bonds is 6. The molecule has 0 spiro atoms. The van der Waals surface area contributed by atoms with Crippen LogP contribution in [0.5, 0.6) is 11.6 Å². The summed E-state index contributed by atoms with van der Waals surface area (Å²) in [6.07, 6.45) is 8.14. The Morgan fingerprint density at radius 3 is 3.00 bits per heavy atom. The molecule has 0 amide bonds. The van der Waals surface area contributed by atoms with Gasteiger partial charge in [-0.05, 0) is 55.5 Å². The fraction of sp³-hybridized carbons (Fsp3) is 0.412. The first-order valence-corrected chi connectivity index (χ1v) is 7.66. The Balaban J connectivity index is 1.68. The highest BCUT2D eigenvalue weighted by molar-refractivity contribution is 5.39. The van der Waals surface area contributed by atoms with Crippen LogP contribution in [0, 0.1) is 0 Å². The molecule has 1 N–H and O–H groups in total. The van der Waals surface area contributed by atoms with Crippen LogP contribution in [0.25, 0.3) is 0 Å². The highest BCUT2D eigenvalue weighted by Crippen LogP contribution is 2.28. The standard InChI is InChI=1S/C17H21N3O/c1-2-8-18-10-15-11-19-12-17(20-15)21-16-7-6-13-4-3-5-14(13)9-16/h6-7,9,11-12,18H,2-5,8,10H2,1H3. The molecule has 1 aromatic carbocycles. The topological polar surface area (TPSA) is 47.0 Å². The third-order valence-electron chi connectivity index (χ3n) is 3.69. The zero-order chi connectivity index (χ0) is 14.5. The van der Waals surface area contributed by atoms with Crippen molar-refractivity contribution < 1.29 is 4.74 Å². The van der Waals surface area contributed by atoms with Gasteiger partial charge in [-0.3, -0.25) is 4.98 Å². The molecule has 0 radical (unpaired) electrons. The summed E-state index contributed by atoms with van der Waals surface area (Å²) in [4.78, 5) is 8.69. The summed E-state index contributed by atoms with van der Waals surface area (Å²) < 4.78 is 5.85. The smallest absolute Gasteiger partial charge is 0.238 e. The number of benzene rings is 1. The zero-order valence-electron chi connectivity index (χ0n) is 12.4. The van der Waals surface area contributed by atoms with E-state index in [4.69, 9.17) is 4.74 Å². The normalized spacial score (nSPS) is 13.2. The van der Waals surface area contributed by atoms with Gasteiger partial charge in [0.1, 0.15) is 5.75 Å². The fourth-order valence-corrected chi connectivity index (χ4v) is 2.65. The van der Waals surface area contributed by atoms with Gasteiger partial charge in [-0.15, -0.1) is 0 Å². The molecule has 4 nitrogen and oxygen atoms in total. The molecule has 0 unspecified atom stereocenters. The Morgan fingerprint density at radius 1 is 1.19 bits per heavy atom. The van der Waals surface area contributed by atoms with Crippen LogP contribution in [-0.2, 0) is 19.4 Å². The maximum atomic E-state index is 5.85. The van der Waals surface area contributed by atoms with Crippen LogP contribution in [0.2, 0.25) is 0 Å². The third-order valence-corrected chi connectivity index (χ3v) is 3.69. The minimum absolute atomic E-state index is 0.559. The molecule has 0 bridgehead atoms. The van der Waals surface area contributed by atoms with Crippen molar-refractivity contribution in [2.24, 2.45) is 0 Å². The largest absolute Gasteiger partial charge is 0.437 e. The first kappa shape index (κ1) is 14.0. The SMILES string of the molecule is CCCNCc1cncc(Oc2ccc3c(c2)CCC3)n1. The van der Waals surface area contributed by atoms with Crippen molar-refractivity contribution in [3.05, 3.63) is 47.4 Å². The number of aromatic nitrogens is 2. The molecule has 1 aliphatic carbocycles. The molecule has 0 atom stereocenters. The second-order valence-electron chi connectivity index (χ2n) is 5.41.